The van der Waals surface area contributed by atoms with Crippen LogP contribution in [0.4, 0.5) is 0 Å². The summed E-state index contributed by atoms with van der Waals surface area (Å²) in [6.45, 7) is 4.92. The molecule has 1 aliphatic heterocycles. The molecule has 1 saturated heterocycles. The topological polar surface area (TPSA) is 185 Å². The van der Waals surface area contributed by atoms with E-state index >= 15 is 0 Å². The summed E-state index contributed by atoms with van der Waals surface area (Å²) < 4.78 is 0. The highest BCUT2D eigenvalue weighted by Gasteiger charge is 2.35. The SMILES string of the molecule is CC(C)C[C@@H](NC(=O)[C@H](CC(=O)[C@H](N)Cc1ccccc1)Cc1ccccc1)C(=O)C[C@H](CCCN)C(=O)N1CCNC(C(=O)O)C1. The maximum Gasteiger partial charge on any atom is 0.322 e. The van der Waals surface area contributed by atoms with Crippen LogP contribution in [0, 0.1) is 17.8 Å². The minimum Gasteiger partial charge on any atom is -0.480 e. The molecule has 2 aromatic rings. The normalized spacial score (nSPS) is 17.4. The summed E-state index contributed by atoms with van der Waals surface area (Å²) in [5, 5.41) is 15.3. The number of carboxylic acid groups (broad SMARTS) is 1. The number of amides is 2. The second-order valence-corrected chi connectivity index (χ2v) is 13.0. The van der Waals surface area contributed by atoms with Gasteiger partial charge in [0.15, 0.2) is 11.6 Å². The van der Waals surface area contributed by atoms with Crippen molar-refractivity contribution < 1.29 is 29.1 Å². The van der Waals surface area contributed by atoms with E-state index in [1.54, 1.807) is 0 Å². The quantitative estimate of drug-likeness (QED) is 0.152. The van der Waals surface area contributed by atoms with Crippen molar-refractivity contribution >= 4 is 29.4 Å². The molecule has 0 saturated carbocycles. The maximum absolute atomic E-state index is 13.9. The Hall–Kier alpha value is -3.93. The number of carbonyl (C=O) groups excluding carboxylic acids is 4. The Morgan fingerprint density at radius 3 is 2.09 bits per heavy atom. The lowest BCUT2D eigenvalue weighted by Gasteiger charge is -2.34. The van der Waals surface area contributed by atoms with Gasteiger partial charge < -0.3 is 32.1 Å². The molecule has 1 fully saturated rings. The number of rotatable bonds is 19. The number of carboxylic acids is 1. The summed E-state index contributed by atoms with van der Waals surface area (Å²) in [5.74, 6) is -3.64. The van der Waals surface area contributed by atoms with Gasteiger partial charge in [0.1, 0.15) is 6.04 Å². The number of hydrogen-bond acceptors (Lipinski definition) is 8. The van der Waals surface area contributed by atoms with Crippen LogP contribution in [0.2, 0.25) is 0 Å². The number of nitrogens with one attached hydrogen (secondary N) is 2. The molecule has 3 rings (SSSR count). The molecule has 47 heavy (non-hydrogen) atoms. The highest BCUT2D eigenvalue weighted by Crippen LogP contribution is 2.21. The van der Waals surface area contributed by atoms with Crippen LogP contribution >= 0.6 is 0 Å². The number of benzene rings is 2. The fourth-order valence-corrected chi connectivity index (χ4v) is 6.00. The lowest BCUT2D eigenvalue weighted by Crippen LogP contribution is -2.57. The number of aliphatic carboxylic acids is 1. The minimum absolute atomic E-state index is 0.00917. The van der Waals surface area contributed by atoms with Crippen molar-refractivity contribution in [1.29, 1.82) is 0 Å². The monoisotopic (exact) mass is 649 g/mol. The number of nitrogens with zero attached hydrogens (tertiary/aromatic N) is 1. The van der Waals surface area contributed by atoms with Crippen molar-refractivity contribution in [3.8, 4) is 0 Å². The zero-order chi connectivity index (χ0) is 34.3. The lowest BCUT2D eigenvalue weighted by molar-refractivity contribution is -0.145. The van der Waals surface area contributed by atoms with Gasteiger partial charge in [-0.25, -0.2) is 0 Å². The van der Waals surface area contributed by atoms with Crippen molar-refractivity contribution in [2.45, 2.75) is 76.9 Å². The predicted octanol–water partition coefficient (Wildman–Crippen LogP) is 2.10. The average Bonchev–Trinajstić information content (AvgIpc) is 3.06. The Kier molecular flexibility index (Phi) is 15.2. The van der Waals surface area contributed by atoms with Gasteiger partial charge in [0.05, 0.1) is 12.1 Å². The van der Waals surface area contributed by atoms with Gasteiger partial charge in [-0.2, -0.15) is 0 Å². The summed E-state index contributed by atoms with van der Waals surface area (Å²) in [4.78, 5) is 67.7. The van der Waals surface area contributed by atoms with Crippen molar-refractivity contribution in [1.82, 2.24) is 15.5 Å². The second kappa shape index (κ2) is 19.0. The summed E-state index contributed by atoms with van der Waals surface area (Å²) in [7, 11) is 0. The van der Waals surface area contributed by atoms with E-state index in [0.717, 1.165) is 11.1 Å². The molecule has 2 aromatic carbocycles. The molecule has 5 atom stereocenters. The van der Waals surface area contributed by atoms with Crippen LogP contribution in [0.1, 0.15) is 57.1 Å². The fourth-order valence-electron chi connectivity index (χ4n) is 6.00. The fraction of sp³-hybridized carbons (Fsp3) is 0.528. The first-order chi connectivity index (χ1) is 22.5. The van der Waals surface area contributed by atoms with Gasteiger partial charge in [-0.3, -0.25) is 24.0 Å². The number of carbonyl (C=O) groups is 5. The number of nitrogens with two attached hydrogens (primary N) is 2. The standard InChI is InChI=1S/C36H51N5O6/c1-24(2)18-30(33(43)21-27(14-9-15-37)35(45)41-17-16-39-31(23-41)36(46)47)40-34(44)28(19-25-10-5-3-6-11-25)22-32(42)29(38)20-26-12-7-4-8-13-26/h3-8,10-13,24,27-31,39H,9,14-23,37-38H2,1-2H3,(H,40,44)(H,46,47)/t27-,28-,29+,30+,31?/m0/s1. The van der Waals surface area contributed by atoms with Crippen LogP contribution < -0.4 is 22.1 Å². The van der Waals surface area contributed by atoms with E-state index < -0.39 is 41.8 Å². The third kappa shape index (κ3) is 12.3. The molecule has 1 aliphatic rings. The van der Waals surface area contributed by atoms with E-state index in [-0.39, 0.29) is 42.8 Å². The van der Waals surface area contributed by atoms with Crippen molar-refractivity contribution in [3.63, 3.8) is 0 Å². The van der Waals surface area contributed by atoms with Gasteiger partial charge in [-0.15, -0.1) is 0 Å². The van der Waals surface area contributed by atoms with Gasteiger partial charge in [0.2, 0.25) is 11.8 Å². The Balaban J connectivity index is 1.77. The molecule has 256 valence electrons. The van der Waals surface area contributed by atoms with Gasteiger partial charge in [-0.05, 0) is 55.7 Å². The van der Waals surface area contributed by atoms with Crippen molar-refractivity contribution in [2.75, 3.05) is 26.2 Å². The summed E-state index contributed by atoms with van der Waals surface area (Å²) in [6, 6.07) is 16.3. The summed E-state index contributed by atoms with van der Waals surface area (Å²) in [6.07, 6.45) is 1.71. The van der Waals surface area contributed by atoms with Crippen LogP contribution in [0.5, 0.6) is 0 Å². The minimum atomic E-state index is -1.04. The zero-order valence-corrected chi connectivity index (χ0v) is 27.6. The van der Waals surface area contributed by atoms with Crippen LogP contribution in [-0.4, -0.2) is 83.7 Å². The Morgan fingerprint density at radius 1 is 0.915 bits per heavy atom. The molecule has 0 radical (unpaired) electrons. The van der Waals surface area contributed by atoms with Crippen LogP contribution in [-0.2, 0) is 36.8 Å². The molecule has 0 aliphatic carbocycles. The average molecular weight is 650 g/mol. The van der Waals surface area contributed by atoms with Crippen molar-refractivity contribution in [3.05, 3.63) is 71.8 Å². The van der Waals surface area contributed by atoms with E-state index in [1.807, 2.05) is 74.5 Å². The van der Waals surface area contributed by atoms with Crippen LogP contribution in [0.3, 0.4) is 0 Å². The summed E-state index contributed by atoms with van der Waals surface area (Å²) in [5.41, 5.74) is 13.9. The van der Waals surface area contributed by atoms with Gasteiger partial charge in [0.25, 0.3) is 0 Å². The predicted molar refractivity (Wildman–Crippen MR) is 180 cm³/mol. The first kappa shape index (κ1) is 37.5. The molecule has 1 unspecified atom stereocenters. The first-order valence-electron chi connectivity index (χ1n) is 16.6. The van der Waals surface area contributed by atoms with E-state index in [9.17, 15) is 29.1 Å². The van der Waals surface area contributed by atoms with Crippen molar-refractivity contribution in [2.24, 2.45) is 29.2 Å². The van der Waals surface area contributed by atoms with E-state index in [0.29, 0.717) is 51.7 Å². The number of piperazine rings is 1. The molecule has 11 heteroatoms. The molecule has 0 aromatic heterocycles. The Bertz CT molecular complexity index is 1320. The molecule has 1 heterocycles. The van der Waals surface area contributed by atoms with Crippen LogP contribution in [0.25, 0.3) is 0 Å². The van der Waals surface area contributed by atoms with Gasteiger partial charge in [-0.1, -0.05) is 74.5 Å². The molecule has 11 nitrogen and oxygen atoms in total. The summed E-state index contributed by atoms with van der Waals surface area (Å²) >= 11 is 0. The van der Waals surface area contributed by atoms with Gasteiger partial charge in [0, 0.05) is 44.3 Å². The van der Waals surface area contributed by atoms with E-state index in [4.69, 9.17) is 11.5 Å². The molecular weight excluding hydrogens is 598 g/mol. The molecule has 7 N–H and O–H groups in total. The number of Topliss-reactive ketones (excluding diaryl/α,β-unsaturated/α-hetero) is 2. The molecule has 0 bridgehead atoms. The second-order valence-electron chi connectivity index (χ2n) is 13.0. The smallest absolute Gasteiger partial charge is 0.322 e. The largest absolute Gasteiger partial charge is 0.480 e. The lowest BCUT2D eigenvalue weighted by atomic mass is 9.87. The number of ketones is 2. The Morgan fingerprint density at radius 2 is 1.51 bits per heavy atom. The Labute approximate surface area is 277 Å². The molecule has 0 spiro atoms. The van der Waals surface area contributed by atoms with Crippen LogP contribution in [0.15, 0.2) is 60.7 Å². The third-order valence-corrected chi connectivity index (χ3v) is 8.61. The zero-order valence-electron chi connectivity index (χ0n) is 27.6. The third-order valence-electron chi connectivity index (χ3n) is 8.61. The molecule has 2 amide bonds. The maximum atomic E-state index is 13.9. The number of hydrogen-bond donors (Lipinski definition) is 5. The van der Waals surface area contributed by atoms with Gasteiger partial charge >= 0.3 is 5.97 Å². The van der Waals surface area contributed by atoms with E-state index in [2.05, 4.69) is 10.6 Å². The highest BCUT2D eigenvalue weighted by atomic mass is 16.4. The van der Waals surface area contributed by atoms with E-state index in [1.165, 1.54) is 4.90 Å². The molecular formula is C36H51N5O6. The first-order valence-corrected chi connectivity index (χ1v) is 16.6. The highest BCUT2D eigenvalue weighted by molar-refractivity contribution is 5.95.